The summed E-state index contributed by atoms with van der Waals surface area (Å²) < 4.78 is 28.4. The second-order valence-electron chi connectivity index (χ2n) is 7.56. The third-order valence-corrected chi connectivity index (χ3v) is 8.81. The number of piperidine rings is 1. The molecule has 1 saturated heterocycles. The van der Waals surface area contributed by atoms with Crippen molar-refractivity contribution in [3.63, 3.8) is 0 Å². The molecule has 1 aliphatic heterocycles. The highest BCUT2D eigenvalue weighted by Gasteiger charge is 2.33. The Morgan fingerprint density at radius 2 is 1.66 bits per heavy atom. The summed E-state index contributed by atoms with van der Waals surface area (Å²) in [6.45, 7) is 0.598. The molecule has 1 fully saturated rings. The summed E-state index contributed by atoms with van der Waals surface area (Å²) in [5.41, 5.74) is 0.735. The largest absolute Gasteiger partial charge is 0.325 e. The van der Waals surface area contributed by atoms with Crippen LogP contribution in [0.3, 0.4) is 0 Å². The van der Waals surface area contributed by atoms with Crippen molar-refractivity contribution in [1.29, 1.82) is 0 Å². The molecule has 1 N–H and O–H groups in total. The highest BCUT2D eigenvalue weighted by Crippen LogP contribution is 2.34. The molecule has 1 amide bonds. The number of benzene rings is 3. The summed E-state index contributed by atoms with van der Waals surface area (Å²) in [4.78, 5) is 15.3. The van der Waals surface area contributed by atoms with E-state index < -0.39 is 15.9 Å². The van der Waals surface area contributed by atoms with E-state index in [9.17, 15) is 13.2 Å². The number of sulfonamides is 1. The van der Waals surface area contributed by atoms with Crippen molar-refractivity contribution in [3.05, 3.63) is 83.3 Å². The van der Waals surface area contributed by atoms with E-state index in [0.29, 0.717) is 19.4 Å². The van der Waals surface area contributed by atoms with Gasteiger partial charge in [0, 0.05) is 27.4 Å². The molecular weight excluding hydrogens is 508 g/mol. The summed E-state index contributed by atoms with van der Waals surface area (Å²) in [6.07, 6.45) is 1.31. The standard InChI is InChI=1S/C24H23BrN2O3S2/c25-19-12-14-21(15-13-19)32(29,30)27-16-6-7-18(17-27)24(28)26-22-10-4-5-11-23(22)31-20-8-2-1-3-9-20/h1-5,8-15,18H,6-7,16-17H2,(H,26,28)/t18-/m1/s1. The summed E-state index contributed by atoms with van der Waals surface area (Å²) in [5.74, 6) is -0.550. The van der Waals surface area contributed by atoms with Crippen molar-refractivity contribution in [2.45, 2.75) is 27.5 Å². The van der Waals surface area contributed by atoms with Crippen LogP contribution >= 0.6 is 27.7 Å². The average Bonchev–Trinajstić information content (AvgIpc) is 2.81. The molecule has 1 aliphatic rings. The lowest BCUT2D eigenvalue weighted by molar-refractivity contribution is -0.120. The van der Waals surface area contributed by atoms with E-state index in [1.54, 1.807) is 36.0 Å². The number of anilines is 1. The van der Waals surface area contributed by atoms with E-state index in [1.807, 2.05) is 54.6 Å². The number of nitrogens with zero attached hydrogens (tertiary/aromatic N) is 1. The van der Waals surface area contributed by atoms with Gasteiger partial charge < -0.3 is 5.32 Å². The molecule has 1 atom stereocenters. The van der Waals surface area contributed by atoms with Gasteiger partial charge in [-0.3, -0.25) is 4.79 Å². The highest BCUT2D eigenvalue weighted by molar-refractivity contribution is 9.10. The summed E-state index contributed by atoms with van der Waals surface area (Å²) >= 11 is 4.91. The van der Waals surface area contributed by atoms with Gasteiger partial charge in [0.25, 0.3) is 0 Å². The number of hydrogen-bond donors (Lipinski definition) is 1. The number of hydrogen-bond acceptors (Lipinski definition) is 4. The predicted octanol–water partition coefficient (Wildman–Crippen LogP) is 5.64. The first-order chi connectivity index (χ1) is 15.4. The smallest absolute Gasteiger partial charge is 0.243 e. The number of rotatable bonds is 6. The summed E-state index contributed by atoms with van der Waals surface area (Å²) in [5, 5.41) is 3.03. The zero-order chi connectivity index (χ0) is 22.6. The quantitative estimate of drug-likeness (QED) is 0.447. The van der Waals surface area contributed by atoms with Gasteiger partial charge in [0.1, 0.15) is 0 Å². The number of amides is 1. The zero-order valence-electron chi connectivity index (χ0n) is 17.3. The maximum Gasteiger partial charge on any atom is 0.243 e. The van der Waals surface area contributed by atoms with E-state index in [0.717, 1.165) is 20.0 Å². The molecule has 8 heteroatoms. The molecule has 3 aromatic carbocycles. The van der Waals surface area contributed by atoms with E-state index in [2.05, 4.69) is 21.2 Å². The van der Waals surface area contributed by atoms with Crippen LogP contribution in [0.25, 0.3) is 0 Å². The van der Waals surface area contributed by atoms with Gasteiger partial charge in [-0.25, -0.2) is 8.42 Å². The Kier molecular flexibility index (Phi) is 7.35. The van der Waals surface area contributed by atoms with Crippen molar-refractivity contribution in [2.75, 3.05) is 18.4 Å². The lowest BCUT2D eigenvalue weighted by atomic mass is 9.99. The molecule has 5 nitrogen and oxygen atoms in total. The Balaban J connectivity index is 1.47. The molecule has 0 radical (unpaired) electrons. The molecule has 0 unspecified atom stereocenters. The SMILES string of the molecule is O=C(Nc1ccccc1Sc1ccccc1)[C@@H]1CCCN(S(=O)(=O)c2ccc(Br)cc2)C1. The van der Waals surface area contributed by atoms with E-state index in [1.165, 1.54) is 4.31 Å². The zero-order valence-corrected chi connectivity index (χ0v) is 20.5. The van der Waals surface area contributed by atoms with Gasteiger partial charge in [0.05, 0.1) is 16.5 Å². The normalized spacial score (nSPS) is 17.1. The lowest BCUT2D eigenvalue weighted by Crippen LogP contribution is -2.43. The first kappa shape index (κ1) is 23.0. The van der Waals surface area contributed by atoms with Crippen LogP contribution in [0.15, 0.2) is 98.0 Å². The van der Waals surface area contributed by atoms with Crippen LogP contribution in [-0.2, 0) is 14.8 Å². The Bertz CT molecular complexity index is 1190. The van der Waals surface area contributed by atoms with Gasteiger partial charge in [-0.1, -0.05) is 58.0 Å². The molecule has 3 aromatic rings. The number of para-hydroxylation sites is 1. The van der Waals surface area contributed by atoms with Gasteiger partial charge in [0.15, 0.2) is 0 Å². The van der Waals surface area contributed by atoms with Crippen LogP contribution in [-0.4, -0.2) is 31.7 Å². The van der Waals surface area contributed by atoms with Crippen molar-refractivity contribution < 1.29 is 13.2 Å². The topological polar surface area (TPSA) is 66.5 Å². The predicted molar refractivity (Wildman–Crippen MR) is 131 cm³/mol. The summed E-state index contributed by atoms with van der Waals surface area (Å²) in [6, 6.07) is 24.2. The number of carbonyl (C=O) groups excluding carboxylic acids is 1. The van der Waals surface area contributed by atoms with Crippen molar-refractivity contribution in [1.82, 2.24) is 4.31 Å². The second kappa shape index (κ2) is 10.2. The molecule has 32 heavy (non-hydrogen) atoms. The van der Waals surface area contributed by atoms with Gasteiger partial charge in [-0.15, -0.1) is 0 Å². The third kappa shape index (κ3) is 5.43. The Labute approximate surface area is 201 Å². The Morgan fingerprint density at radius 1 is 0.969 bits per heavy atom. The molecule has 0 aliphatic carbocycles. The highest BCUT2D eigenvalue weighted by atomic mass is 79.9. The van der Waals surface area contributed by atoms with Gasteiger partial charge in [-0.2, -0.15) is 4.31 Å². The first-order valence-corrected chi connectivity index (χ1v) is 13.4. The third-order valence-electron chi connectivity index (χ3n) is 5.32. The minimum Gasteiger partial charge on any atom is -0.325 e. The van der Waals surface area contributed by atoms with E-state index in [4.69, 9.17) is 0 Å². The van der Waals surface area contributed by atoms with Crippen molar-refractivity contribution in [3.8, 4) is 0 Å². The van der Waals surface area contributed by atoms with E-state index >= 15 is 0 Å². The molecule has 166 valence electrons. The van der Waals surface area contributed by atoms with Crippen molar-refractivity contribution in [2.24, 2.45) is 5.92 Å². The van der Waals surface area contributed by atoms with Crippen LogP contribution in [0, 0.1) is 5.92 Å². The molecule has 0 bridgehead atoms. The van der Waals surface area contributed by atoms with E-state index in [-0.39, 0.29) is 17.3 Å². The molecule has 0 aromatic heterocycles. The number of nitrogens with one attached hydrogen (secondary N) is 1. The minimum absolute atomic E-state index is 0.151. The maximum atomic E-state index is 13.1. The van der Waals surface area contributed by atoms with Crippen LogP contribution in [0.2, 0.25) is 0 Å². The number of carbonyl (C=O) groups is 1. The molecular formula is C24H23BrN2O3S2. The fraction of sp³-hybridized carbons (Fsp3) is 0.208. The first-order valence-electron chi connectivity index (χ1n) is 10.3. The second-order valence-corrected chi connectivity index (χ2v) is 11.5. The van der Waals surface area contributed by atoms with Crippen LogP contribution < -0.4 is 5.32 Å². The molecule has 1 heterocycles. The molecule has 0 saturated carbocycles. The fourth-order valence-corrected chi connectivity index (χ4v) is 6.35. The van der Waals surface area contributed by atoms with Crippen LogP contribution in [0.4, 0.5) is 5.69 Å². The number of halogens is 1. The lowest BCUT2D eigenvalue weighted by Gasteiger charge is -2.31. The van der Waals surface area contributed by atoms with Crippen LogP contribution in [0.1, 0.15) is 12.8 Å². The summed E-state index contributed by atoms with van der Waals surface area (Å²) in [7, 11) is -3.64. The average molecular weight is 531 g/mol. The maximum absolute atomic E-state index is 13.1. The monoisotopic (exact) mass is 530 g/mol. The molecule has 0 spiro atoms. The van der Waals surface area contributed by atoms with Crippen molar-refractivity contribution >= 4 is 49.3 Å². The van der Waals surface area contributed by atoms with Crippen LogP contribution in [0.5, 0.6) is 0 Å². The van der Waals surface area contributed by atoms with Gasteiger partial charge >= 0.3 is 0 Å². The Hall–Kier alpha value is -2.13. The molecule has 4 rings (SSSR count). The minimum atomic E-state index is -3.64. The van der Waals surface area contributed by atoms with Gasteiger partial charge in [0.2, 0.25) is 15.9 Å². The van der Waals surface area contributed by atoms with Gasteiger partial charge in [-0.05, 0) is 61.4 Å². The Morgan fingerprint density at radius 3 is 2.41 bits per heavy atom. The fourth-order valence-electron chi connectivity index (χ4n) is 3.64.